The predicted octanol–water partition coefficient (Wildman–Crippen LogP) is 4.07. The molecule has 1 atom stereocenters. The van der Waals surface area contributed by atoms with Crippen molar-refractivity contribution in [2.75, 3.05) is 11.9 Å². The van der Waals surface area contributed by atoms with Crippen molar-refractivity contribution in [3.8, 4) is 0 Å². The topological polar surface area (TPSA) is 53.1 Å². The zero-order valence-corrected chi connectivity index (χ0v) is 13.5. The minimum atomic E-state index is -0.238. The summed E-state index contributed by atoms with van der Waals surface area (Å²) in [6, 6.07) is 12.1. The van der Waals surface area contributed by atoms with Crippen LogP contribution >= 0.6 is 15.9 Å². The highest BCUT2D eigenvalue weighted by Crippen LogP contribution is 2.30. The lowest BCUT2D eigenvalue weighted by atomic mass is 10.0. The molecule has 2 rings (SSSR count). The molecule has 0 amide bonds. The van der Waals surface area contributed by atoms with E-state index in [-0.39, 0.29) is 17.7 Å². The average molecular weight is 350 g/mol. The molecule has 0 radical (unpaired) electrons. The van der Waals surface area contributed by atoms with E-state index in [1.807, 2.05) is 37.1 Å². The fourth-order valence-electron chi connectivity index (χ4n) is 2.26. The summed E-state index contributed by atoms with van der Waals surface area (Å²) < 4.78 is 14.8. The van der Waals surface area contributed by atoms with Gasteiger partial charge < -0.3 is 10.6 Å². The van der Waals surface area contributed by atoms with Crippen LogP contribution in [0, 0.1) is 11.2 Å². The Kier molecular flexibility index (Phi) is 4.63. The SMILES string of the molecule is CC(c1ccccc1F)N(C)c1ccc(Br)cc1C(=N)N. The van der Waals surface area contributed by atoms with Crippen LogP contribution in [-0.4, -0.2) is 12.9 Å². The average Bonchev–Trinajstić information content (AvgIpc) is 2.46. The van der Waals surface area contributed by atoms with Gasteiger partial charge in [0, 0.05) is 28.3 Å². The molecule has 2 aromatic rings. The molecule has 1 unspecified atom stereocenters. The van der Waals surface area contributed by atoms with Crippen molar-refractivity contribution in [3.05, 3.63) is 63.9 Å². The van der Waals surface area contributed by atoms with Gasteiger partial charge in [0.2, 0.25) is 0 Å². The molecule has 0 heterocycles. The van der Waals surface area contributed by atoms with Crippen LogP contribution in [0.2, 0.25) is 0 Å². The van der Waals surface area contributed by atoms with Crippen LogP contribution in [0.3, 0.4) is 0 Å². The van der Waals surface area contributed by atoms with Gasteiger partial charge in [-0.2, -0.15) is 0 Å². The number of anilines is 1. The number of nitrogen functional groups attached to an aromatic ring is 1. The molecule has 0 aliphatic carbocycles. The van der Waals surface area contributed by atoms with Crippen molar-refractivity contribution in [2.45, 2.75) is 13.0 Å². The lowest BCUT2D eigenvalue weighted by Crippen LogP contribution is -2.26. The molecule has 0 spiro atoms. The van der Waals surface area contributed by atoms with E-state index in [1.165, 1.54) is 6.07 Å². The molecule has 0 aliphatic heterocycles. The first-order valence-electron chi connectivity index (χ1n) is 6.53. The normalized spacial score (nSPS) is 12.0. The molecule has 3 N–H and O–H groups in total. The summed E-state index contributed by atoms with van der Waals surface area (Å²) in [5.41, 5.74) is 7.67. The quantitative estimate of drug-likeness (QED) is 0.645. The summed E-state index contributed by atoms with van der Waals surface area (Å²) >= 11 is 3.38. The lowest BCUT2D eigenvalue weighted by Gasteiger charge is -2.29. The molecule has 21 heavy (non-hydrogen) atoms. The second kappa shape index (κ2) is 6.26. The highest BCUT2D eigenvalue weighted by atomic mass is 79.9. The Morgan fingerprint density at radius 3 is 2.57 bits per heavy atom. The second-order valence-corrected chi connectivity index (χ2v) is 5.80. The Hall–Kier alpha value is -1.88. The zero-order valence-electron chi connectivity index (χ0n) is 11.9. The van der Waals surface area contributed by atoms with E-state index in [0.717, 1.165) is 10.2 Å². The van der Waals surface area contributed by atoms with Gasteiger partial charge in [-0.1, -0.05) is 34.1 Å². The van der Waals surface area contributed by atoms with Gasteiger partial charge in [0.05, 0.1) is 6.04 Å². The van der Waals surface area contributed by atoms with Gasteiger partial charge in [-0.3, -0.25) is 5.41 Å². The van der Waals surface area contributed by atoms with Gasteiger partial charge in [0.1, 0.15) is 11.7 Å². The summed E-state index contributed by atoms with van der Waals surface area (Å²) in [4.78, 5) is 1.92. The number of hydrogen-bond donors (Lipinski definition) is 2. The standard InChI is InChI=1S/C16H17BrFN3/c1-10(12-5-3-4-6-14(12)18)21(2)15-8-7-11(17)9-13(15)16(19)20/h3-10H,1-2H3,(H3,19,20). The highest BCUT2D eigenvalue weighted by molar-refractivity contribution is 9.10. The van der Waals surface area contributed by atoms with Crippen molar-refractivity contribution < 1.29 is 4.39 Å². The van der Waals surface area contributed by atoms with Crippen LogP contribution in [0.5, 0.6) is 0 Å². The van der Waals surface area contributed by atoms with Crippen molar-refractivity contribution in [1.29, 1.82) is 5.41 Å². The number of hydrogen-bond acceptors (Lipinski definition) is 2. The van der Waals surface area contributed by atoms with Crippen molar-refractivity contribution in [2.24, 2.45) is 5.73 Å². The Morgan fingerprint density at radius 1 is 1.29 bits per heavy atom. The van der Waals surface area contributed by atoms with Gasteiger partial charge >= 0.3 is 0 Å². The van der Waals surface area contributed by atoms with Crippen LogP contribution in [0.1, 0.15) is 24.1 Å². The van der Waals surface area contributed by atoms with Crippen LogP contribution in [0.4, 0.5) is 10.1 Å². The minimum Gasteiger partial charge on any atom is -0.384 e. The van der Waals surface area contributed by atoms with Gasteiger partial charge in [0.15, 0.2) is 0 Å². The van der Waals surface area contributed by atoms with E-state index >= 15 is 0 Å². The maximum atomic E-state index is 13.9. The first-order chi connectivity index (χ1) is 9.91. The lowest BCUT2D eigenvalue weighted by molar-refractivity contribution is 0.585. The molecule has 5 heteroatoms. The van der Waals surface area contributed by atoms with E-state index in [2.05, 4.69) is 15.9 Å². The van der Waals surface area contributed by atoms with E-state index in [0.29, 0.717) is 11.1 Å². The summed E-state index contributed by atoms with van der Waals surface area (Å²) in [6.45, 7) is 1.92. The van der Waals surface area contributed by atoms with E-state index in [4.69, 9.17) is 11.1 Å². The van der Waals surface area contributed by atoms with Gasteiger partial charge in [-0.25, -0.2) is 4.39 Å². The summed E-state index contributed by atoms with van der Waals surface area (Å²) in [5, 5.41) is 7.71. The largest absolute Gasteiger partial charge is 0.384 e. The third-order valence-corrected chi connectivity index (χ3v) is 4.06. The van der Waals surface area contributed by atoms with Crippen LogP contribution in [-0.2, 0) is 0 Å². The van der Waals surface area contributed by atoms with Crippen molar-refractivity contribution in [3.63, 3.8) is 0 Å². The smallest absolute Gasteiger partial charge is 0.128 e. The molecule has 3 nitrogen and oxygen atoms in total. The van der Waals surface area contributed by atoms with E-state index in [9.17, 15) is 4.39 Å². The van der Waals surface area contributed by atoms with Gasteiger partial charge in [0.25, 0.3) is 0 Å². The molecule has 0 bridgehead atoms. The Bertz CT molecular complexity index is 672. The fraction of sp³-hybridized carbons (Fsp3) is 0.188. The van der Waals surface area contributed by atoms with Gasteiger partial charge in [-0.15, -0.1) is 0 Å². The number of nitrogens with zero attached hydrogens (tertiary/aromatic N) is 1. The van der Waals surface area contributed by atoms with Crippen LogP contribution in [0.15, 0.2) is 46.9 Å². The molecular formula is C16H17BrFN3. The highest BCUT2D eigenvalue weighted by Gasteiger charge is 2.19. The van der Waals surface area contributed by atoms with E-state index < -0.39 is 0 Å². The first kappa shape index (κ1) is 15.5. The maximum absolute atomic E-state index is 13.9. The van der Waals surface area contributed by atoms with E-state index in [1.54, 1.807) is 18.2 Å². The molecule has 0 saturated carbocycles. The third kappa shape index (κ3) is 3.24. The molecule has 0 fully saturated rings. The summed E-state index contributed by atoms with van der Waals surface area (Å²) in [7, 11) is 1.87. The number of rotatable bonds is 4. The van der Waals surface area contributed by atoms with Crippen molar-refractivity contribution >= 4 is 27.5 Å². The predicted molar refractivity (Wildman–Crippen MR) is 88.4 cm³/mol. The number of nitrogens with two attached hydrogens (primary N) is 1. The molecular weight excluding hydrogens is 333 g/mol. The summed E-state index contributed by atoms with van der Waals surface area (Å²) in [6.07, 6.45) is 0. The number of amidine groups is 1. The Labute approximate surface area is 132 Å². The zero-order chi connectivity index (χ0) is 15.6. The third-order valence-electron chi connectivity index (χ3n) is 3.57. The molecule has 0 aliphatic rings. The monoisotopic (exact) mass is 349 g/mol. The fourth-order valence-corrected chi connectivity index (χ4v) is 2.62. The van der Waals surface area contributed by atoms with Crippen LogP contribution < -0.4 is 10.6 Å². The number of benzene rings is 2. The molecule has 0 aromatic heterocycles. The molecule has 0 saturated heterocycles. The Morgan fingerprint density at radius 2 is 1.95 bits per heavy atom. The molecule has 2 aromatic carbocycles. The van der Waals surface area contributed by atoms with Gasteiger partial charge in [-0.05, 0) is 31.2 Å². The molecule has 110 valence electrons. The second-order valence-electron chi connectivity index (χ2n) is 4.88. The number of halogens is 2. The Balaban J connectivity index is 2.43. The first-order valence-corrected chi connectivity index (χ1v) is 7.32. The van der Waals surface area contributed by atoms with Crippen molar-refractivity contribution in [1.82, 2.24) is 0 Å². The maximum Gasteiger partial charge on any atom is 0.128 e. The number of nitrogens with one attached hydrogen (secondary N) is 1. The van der Waals surface area contributed by atoms with Crippen LogP contribution in [0.25, 0.3) is 0 Å². The summed E-state index contributed by atoms with van der Waals surface area (Å²) in [5.74, 6) is -0.253. The minimum absolute atomic E-state index is 0.0149.